The van der Waals surface area contributed by atoms with E-state index in [1.807, 2.05) is 0 Å². The molecular weight excluding hydrogens is 264 g/mol. The van der Waals surface area contributed by atoms with Crippen LogP contribution in [0, 0.1) is 0 Å². The first kappa shape index (κ1) is 16.5. The number of alkyl carbamates (subject to hydrolysis) is 1. The van der Waals surface area contributed by atoms with E-state index in [0.29, 0.717) is 0 Å². The molecule has 18 heavy (non-hydrogen) atoms. The molecule has 0 aliphatic carbocycles. The van der Waals surface area contributed by atoms with Crippen LogP contribution in [-0.4, -0.2) is 41.2 Å². The second-order valence-corrected chi connectivity index (χ2v) is 4.79. The third-order valence-corrected chi connectivity index (χ3v) is 2.01. The van der Waals surface area contributed by atoms with Gasteiger partial charge in [-0.2, -0.15) is 0 Å². The van der Waals surface area contributed by atoms with Gasteiger partial charge in [-0.1, -0.05) is 16.8 Å². The summed E-state index contributed by atoms with van der Waals surface area (Å²) in [5.41, 5.74) is -0.692. The summed E-state index contributed by atoms with van der Waals surface area (Å²) in [6, 6.07) is -1.00. The zero-order chi connectivity index (χ0) is 14.3. The molecule has 7 nitrogen and oxygen atoms in total. The molecule has 0 bridgehead atoms. The Balaban J connectivity index is 4.60. The number of methoxy groups -OCH3 is 1. The minimum Gasteiger partial charge on any atom is -0.469 e. The Bertz CT molecular complexity index is 338. The lowest BCUT2D eigenvalue weighted by molar-refractivity contribution is -0.140. The van der Waals surface area contributed by atoms with Gasteiger partial charge >= 0.3 is 12.1 Å². The van der Waals surface area contributed by atoms with Crippen LogP contribution < -0.4 is 5.32 Å². The third-order valence-electron chi connectivity index (χ3n) is 1.67. The predicted octanol–water partition coefficient (Wildman–Crippen LogP) is 1.47. The van der Waals surface area contributed by atoms with Crippen molar-refractivity contribution in [3.05, 3.63) is 0 Å². The Morgan fingerprint density at radius 2 is 2.00 bits per heavy atom. The summed E-state index contributed by atoms with van der Waals surface area (Å²) in [6.45, 7) is 5.05. The summed E-state index contributed by atoms with van der Waals surface area (Å²) in [5.74, 6) is -0.613. The number of carbonyl (C=O) groups is 2. The van der Waals surface area contributed by atoms with Crippen molar-refractivity contribution in [2.45, 2.75) is 38.8 Å². The quantitative estimate of drug-likeness (QED) is 0.352. The number of rotatable bonds is 4. The Labute approximate surface area is 110 Å². The minimum absolute atomic E-state index is 0.265. The lowest BCUT2D eigenvalue weighted by Crippen LogP contribution is -2.43. The minimum atomic E-state index is -1.00. The second-order valence-electron chi connectivity index (χ2n) is 4.40. The number of nitrogens with zero attached hydrogens (tertiary/aromatic N) is 1. The predicted molar refractivity (Wildman–Crippen MR) is 64.9 cm³/mol. The average molecular weight is 281 g/mol. The highest BCUT2D eigenvalue weighted by Gasteiger charge is 2.24. The van der Waals surface area contributed by atoms with Gasteiger partial charge in [-0.3, -0.25) is 4.79 Å². The van der Waals surface area contributed by atoms with Gasteiger partial charge in [0.05, 0.1) is 19.6 Å². The number of nitrogens with one attached hydrogen (secondary N) is 1. The van der Waals surface area contributed by atoms with E-state index >= 15 is 0 Å². The van der Waals surface area contributed by atoms with Crippen molar-refractivity contribution in [3.63, 3.8) is 0 Å². The zero-order valence-electron chi connectivity index (χ0n) is 10.7. The second kappa shape index (κ2) is 7.05. The van der Waals surface area contributed by atoms with Crippen LogP contribution in [-0.2, 0) is 14.3 Å². The molecule has 0 aromatic rings. The fourth-order valence-electron chi connectivity index (χ4n) is 0.964. The topological polar surface area (TPSA) is 97.2 Å². The standard InChI is InChI=1S/C10H17ClN2O5/c1-10(2,3)18-9(15)12-6(8(11)13-16)5-7(14)17-4/h6,16H,5H2,1-4H3,(H,12,15)/t6-/m0/s1. The van der Waals surface area contributed by atoms with E-state index in [-0.39, 0.29) is 11.6 Å². The number of halogens is 1. The Kier molecular flexibility index (Phi) is 6.46. The number of carbonyl (C=O) groups excluding carboxylic acids is 2. The molecule has 2 N–H and O–H groups in total. The van der Waals surface area contributed by atoms with Crippen LogP contribution in [0.1, 0.15) is 27.2 Å². The number of oxime groups is 1. The van der Waals surface area contributed by atoms with Crippen molar-refractivity contribution in [1.29, 1.82) is 0 Å². The number of ether oxygens (including phenoxy) is 2. The monoisotopic (exact) mass is 280 g/mol. The molecule has 0 aliphatic rings. The van der Waals surface area contributed by atoms with Crippen molar-refractivity contribution >= 4 is 28.8 Å². The summed E-state index contributed by atoms with van der Waals surface area (Å²) in [7, 11) is 1.19. The van der Waals surface area contributed by atoms with Crippen LogP contribution in [0.4, 0.5) is 4.79 Å². The molecule has 0 aliphatic heterocycles. The van der Waals surface area contributed by atoms with Gasteiger partial charge in [0.1, 0.15) is 5.60 Å². The normalized spacial score (nSPS) is 13.7. The van der Waals surface area contributed by atoms with Gasteiger partial charge in [0.25, 0.3) is 0 Å². The number of hydrogen-bond donors (Lipinski definition) is 2. The molecule has 0 aromatic carbocycles. The molecule has 0 heterocycles. The highest BCUT2D eigenvalue weighted by molar-refractivity contribution is 6.66. The summed E-state index contributed by atoms with van der Waals surface area (Å²) >= 11 is 5.57. The van der Waals surface area contributed by atoms with Crippen molar-refractivity contribution in [1.82, 2.24) is 5.32 Å². The Hall–Kier alpha value is -1.50. The zero-order valence-corrected chi connectivity index (χ0v) is 11.4. The van der Waals surface area contributed by atoms with Gasteiger partial charge in [-0.25, -0.2) is 4.79 Å². The molecule has 1 amide bonds. The highest BCUT2D eigenvalue weighted by Crippen LogP contribution is 2.08. The highest BCUT2D eigenvalue weighted by atomic mass is 35.5. The maximum Gasteiger partial charge on any atom is 0.408 e. The van der Waals surface area contributed by atoms with E-state index in [9.17, 15) is 9.59 Å². The first-order chi connectivity index (χ1) is 8.19. The van der Waals surface area contributed by atoms with Gasteiger partial charge in [-0.05, 0) is 20.8 Å². The molecule has 0 saturated carbocycles. The first-order valence-electron chi connectivity index (χ1n) is 5.13. The maximum absolute atomic E-state index is 11.5. The molecular formula is C10H17ClN2O5. The lowest BCUT2D eigenvalue weighted by atomic mass is 10.2. The summed E-state index contributed by atoms with van der Waals surface area (Å²) in [4.78, 5) is 22.6. The van der Waals surface area contributed by atoms with Crippen LogP contribution in [0.25, 0.3) is 0 Å². The average Bonchev–Trinajstić information content (AvgIpc) is 2.24. The molecule has 0 rings (SSSR count). The van der Waals surface area contributed by atoms with Gasteiger partial charge in [0, 0.05) is 0 Å². The van der Waals surface area contributed by atoms with E-state index in [1.165, 1.54) is 7.11 Å². The number of esters is 1. The molecule has 0 radical (unpaired) electrons. The molecule has 0 saturated heterocycles. The SMILES string of the molecule is COC(=O)C[C@H](NC(=O)OC(C)(C)C)C(Cl)=NO. The van der Waals surface area contributed by atoms with Crippen molar-refractivity contribution in [2.24, 2.45) is 5.16 Å². The van der Waals surface area contributed by atoms with Gasteiger partial charge in [0.2, 0.25) is 0 Å². The smallest absolute Gasteiger partial charge is 0.408 e. The molecule has 0 spiro atoms. The Morgan fingerprint density at radius 3 is 2.39 bits per heavy atom. The fraction of sp³-hybridized carbons (Fsp3) is 0.700. The van der Waals surface area contributed by atoms with Gasteiger partial charge < -0.3 is 20.0 Å². The summed E-state index contributed by atoms with van der Waals surface area (Å²) in [5, 5.41) is 13.2. The molecule has 0 unspecified atom stereocenters. The van der Waals surface area contributed by atoms with Crippen LogP contribution in [0.5, 0.6) is 0 Å². The lowest BCUT2D eigenvalue weighted by Gasteiger charge is -2.22. The third kappa shape index (κ3) is 6.95. The molecule has 1 atom stereocenters. The number of amides is 1. The maximum atomic E-state index is 11.5. The van der Waals surface area contributed by atoms with Crippen LogP contribution >= 0.6 is 11.6 Å². The largest absolute Gasteiger partial charge is 0.469 e. The van der Waals surface area contributed by atoms with E-state index in [4.69, 9.17) is 21.5 Å². The number of hydrogen-bond acceptors (Lipinski definition) is 6. The van der Waals surface area contributed by atoms with Crippen molar-refractivity contribution in [2.75, 3.05) is 7.11 Å². The summed E-state index contributed by atoms with van der Waals surface area (Å²) in [6.07, 6.45) is -1.04. The fourth-order valence-corrected chi connectivity index (χ4v) is 1.10. The molecule has 104 valence electrons. The Morgan fingerprint density at radius 1 is 1.44 bits per heavy atom. The van der Waals surface area contributed by atoms with Crippen LogP contribution in [0.2, 0.25) is 0 Å². The molecule has 8 heteroatoms. The van der Waals surface area contributed by atoms with Crippen molar-refractivity contribution in [3.8, 4) is 0 Å². The van der Waals surface area contributed by atoms with E-state index in [2.05, 4.69) is 15.2 Å². The van der Waals surface area contributed by atoms with Gasteiger partial charge in [-0.15, -0.1) is 0 Å². The van der Waals surface area contributed by atoms with Crippen LogP contribution in [0.3, 0.4) is 0 Å². The van der Waals surface area contributed by atoms with Gasteiger partial charge in [0.15, 0.2) is 5.17 Å². The van der Waals surface area contributed by atoms with E-state index in [0.717, 1.165) is 0 Å². The van der Waals surface area contributed by atoms with E-state index < -0.39 is 23.7 Å². The van der Waals surface area contributed by atoms with Crippen LogP contribution in [0.15, 0.2) is 5.16 Å². The molecule has 0 aromatic heterocycles. The summed E-state index contributed by atoms with van der Waals surface area (Å²) < 4.78 is 9.41. The molecule has 0 fully saturated rings. The van der Waals surface area contributed by atoms with E-state index in [1.54, 1.807) is 20.8 Å². The van der Waals surface area contributed by atoms with Crippen molar-refractivity contribution < 1.29 is 24.3 Å². The first-order valence-corrected chi connectivity index (χ1v) is 5.51.